The number of hydrogen-bond acceptors (Lipinski definition) is 5. The highest BCUT2D eigenvalue weighted by Crippen LogP contribution is 2.23. The number of hydrogen-bond donors (Lipinski definition) is 2. The summed E-state index contributed by atoms with van der Waals surface area (Å²) < 4.78 is 11.3. The molecule has 1 aromatic carbocycles. The smallest absolute Gasteiger partial charge is 0.226 e. The molecule has 142 valence electrons. The van der Waals surface area contributed by atoms with Gasteiger partial charge in [0, 0.05) is 25.0 Å². The number of morpholine rings is 1. The monoisotopic (exact) mass is 368 g/mol. The number of aromatic nitrogens is 2. The van der Waals surface area contributed by atoms with Crippen LogP contribution in [0.3, 0.4) is 0 Å². The van der Waals surface area contributed by atoms with Gasteiger partial charge in [-0.15, -0.1) is 0 Å². The average molecular weight is 368 g/mol. The fraction of sp³-hybridized carbons (Fsp3) is 0.400. The van der Waals surface area contributed by atoms with Crippen molar-refractivity contribution in [1.82, 2.24) is 20.4 Å². The van der Waals surface area contributed by atoms with E-state index in [1.165, 1.54) is 0 Å². The molecule has 1 aliphatic heterocycles. The van der Waals surface area contributed by atoms with Gasteiger partial charge in [0.25, 0.3) is 0 Å². The molecule has 0 radical (unpaired) electrons. The van der Waals surface area contributed by atoms with Crippen LogP contribution in [-0.4, -0.2) is 53.9 Å². The average Bonchev–Trinajstić information content (AvgIpc) is 3.30. The van der Waals surface area contributed by atoms with Crippen molar-refractivity contribution >= 4 is 16.8 Å². The predicted octanol–water partition coefficient (Wildman–Crippen LogP) is 2.20. The molecule has 1 atom stereocenters. The summed E-state index contributed by atoms with van der Waals surface area (Å²) >= 11 is 0. The van der Waals surface area contributed by atoms with Crippen molar-refractivity contribution in [2.75, 3.05) is 32.8 Å². The Bertz CT molecular complexity index is 911. The SMILES string of the molecule is Cc1ccc([C@@H](CNC(=O)Cc2[nH]nc3ccccc23)N2CCOCC2)o1. The van der Waals surface area contributed by atoms with Gasteiger partial charge in [0.2, 0.25) is 5.91 Å². The van der Waals surface area contributed by atoms with Crippen molar-refractivity contribution < 1.29 is 13.9 Å². The van der Waals surface area contributed by atoms with Crippen molar-refractivity contribution in [2.24, 2.45) is 0 Å². The number of fused-ring (bicyclic) bond motifs is 1. The highest BCUT2D eigenvalue weighted by molar-refractivity contribution is 5.87. The first-order valence-corrected chi connectivity index (χ1v) is 9.27. The summed E-state index contributed by atoms with van der Waals surface area (Å²) in [5.74, 6) is 1.71. The number of amides is 1. The zero-order chi connectivity index (χ0) is 18.6. The summed E-state index contributed by atoms with van der Waals surface area (Å²) in [5, 5.41) is 11.3. The molecule has 3 aromatic rings. The van der Waals surface area contributed by atoms with Crippen LogP contribution in [0.5, 0.6) is 0 Å². The zero-order valence-electron chi connectivity index (χ0n) is 15.4. The molecule has 0 aliphatic carbocycles. The normalized spacial score (nSPS) is 16.5. The Balaban J connectivity index is 1.43. The minimum atomic E-state index is -0.0362. The summed E-state index contributed by atoms with van der Waals surface area (Å²) in [6.07, 6.45) is 0.271. The number of aromatic amines is 1. The zero-order valence-corrected chi connectivity index (χ0v) is 15.4. The topological polar surface area (TPSA) is 83.4 Å². The first kappa shape index (κ1) is 17.8. The molecular formula is C20H24N4O3. The van der Waals surface area contributed by atoms with Gasteiger partial charge in [-0.3, -0.25) is 14.8 Å². The van der Waals surface area contributed by atoms with Crippen LogP contribution >= 0.6 is 0 Å². The predicted molar refractivity (Wildman–Crippen MR) is 101 cm³/mol. The number of aryl methyl sites for hydroxylation is 1. The Hall–Kier alpha value is -2.64. The van der Waals surface area contributed by atoms with E-state index in [4.69, 9.17) is 9.15 Å². The summed E-state index contributed by atoms with van der Waals surface area (Å²) in [5.41, 5.74) is 1.71. The number of carbonyl (C=O) groups excluding carboxylic acids is 1. The number of rotatable bonds is 6. The van der Waals surface area contributed by atoms with Gasteiger partial charge in [-0.25, -0.2) is 0 Å². The minimum absolute atomic E-state index is 0.00469. The lowest BCUT2D eigenvalue weighted by Crippen LogP contribution is -2.44. The number of nitrogens with one attached hydrogen (secondary N) is 2. The Morgan fingerprint density at radius 3 is 2.85 bits per heavy atom. The van der Waals surface area contributed by atoms with E-state index in [1.54, 1.807) is 0 Å². The van der Waals surface area contributed by atoms with E-state index < -0.39 is 0 Å². The maximum Gasteiger partial charge on any atom is 0.226 e. The summed E-state index contributed by atoms with van der Waals surface area (Å²) in [4.78, 5) is 14.8. The maximum absolute atomic E-state index is 12.5. The molecule has 0 unspecified atom stereocenters. The van der Waals surface area contributed by atoms with Crippen molar-refractivity contribution in [3.8, 4) is 0 Å². The van der Waals surface area contributed by atoms with E-state index in [9.17, 15) is 4.79 Å². The van der Waals surface area contributed by atoms with Crippen LogP contribution in [0.1, 0.15) is 23.3 Å². The van der Waals surface area contributed by atoms with Gasteiger partial charge in [0.1, 0.15) is 11.5 Å². The highest BCUT2D eigenvalue weighted by atomic mass is 16.5. The van der Waals surface area contributed by atoms with E-state index in [2.05, 4.69) is 20.4 Å². The van der Waals surface area contributed by atoms with Crippen LogP contribution in [-0.2, 0) is 16.0 Å². The highest BCUT2D eigenvalue weighted by Gasteiger charge is 2.25. The van der Waals surface area contributed by atoms with E-state index in [0.717, 1.165) is 41.2 Å². The Morgan fingerprint density at radius 2 is 2.07 bits per heavy atom. The molecule has 2 N–H and O–H groups in total. The molecule has 4 rings (SSSR count). The summed E-state index contributed by atoms with van der Waals surface area (Å²) in [6, 6.07) is 11.7. The van der Waals surface area contributed by atoms with E-state index >= 15 is 0 Å². The fourth-order valence-corrected chi connectivity index (χ4v) is 3.51. The van der Waals surface area contributed by atoms with Gasteiger partial charge in [-0.05, 0) is 25.1 Å². The molecule has 1 aliphatic rings. The van der Waals surface area contributed by atoms with E-state index in [0.29, 0.717) is 19.8 Å². The largest absolute Gasteiger partial charge is 0.465 e. The molecular weight excluding hydrogens is 344 g/mol. The van der Waals surface area contributed by atoms with Gasteiger partial charge in [0.05, 0.1) is 36.9 Å². The standard InChI is InChI=1S/C20H24N4O3/c1-14-6-7-19(27-14)18(24-8-10-26-11-9-24)13-21-20(25)12-17-15-4-2-3-5-16(15)22-23-17/h2-7,18H,8-13H2,1H3,(H,21,25)(H,22,23)/t18-/m1/s1. The number of benzene rings is 1. The first-order valence-electron chi connectivity index (χ1n) is 9.27. The van der Waals surface area contributed by atoms with Crippen molar-refractivity contribution in [3.05, 3.63) is 53.6 Å². The third kappa shape index (κ3) is 4.04. The van der Waals surface area contributed by atoms with E-state index in [1.807, 2.05) is 43.3 Å². The molecule has 3 heterocycles. The molecule has 7 heteroatoms. The second kappa shape index (κ2) is 7.94. The molecule has 0 bridgehead atoms. The van der Waals surface area contributed by atoms with Crippen LogP contribution in [0, 0.1) is 6.92 Å². The Kier molecular flexibility index (Phi) is 5.22. The lowest BCUT2D eigenvalue weighted by molar-refractivity contribution is -0.120. The van der Waals surface area contributed by atoms with Crippen molar-refractivity contribution in [3.63, 3.8) is 0 Å². The van der Waals surface area contributed by atoms with Crippen LogP contribution in [0.4, 0.5) is 0 Å². The fourth-order valence-electron chi connectivity index (χ4n) is 3.51. The second-order valence-corrected chi connectivity index (χ2v) is 6.81. The Morgan fingerprint density at radius 1 is 1.26 bits per heavy atom. The number of ether oxygens (including phenoxy) is 1. The molecule has 2 aromatic heterocycles. The molecule has 0 saturated carbocycles. The van der Waals surface area contributed by atoms with Crippen molar-refractivity contribution in [2.45, 2.75) is 19.4 Å². The Labute approximate surface area is 157 Å². The third-order valence-electron chi connectivity index (χ3n) is 4.95. The number of para-hydroxylation sites is 1. The number of carbonyl (C=O) groups is 1. The molecule has 0 spiro atoms. The van der Waals surface area contributed by atoms with Crippen LogP contribution in [0.25, 0.3) is 10.9 Å². The van der Waals surface area contributed by atoms with Crippen molar-refractivity contribution in [1.29, 1.82) is 0 Å². The van der Waals surface area contributed by atoms with E-state index in [-0.39, 0.29) is 18.4 Å². The van der Waals surface area contributed by atoms with Crippen LogP contribution < -0.4 is 5.32 Å². The number of furan rings is 1. The quantitative estimate of drug-likeness (QED) is 0.697. The lowest BCUT2D eigenvalue weighted by atomic mass is 10.1. The lowest BCUT2D eigenvalue weighted by Gasteiger charge is -2.33. The van der Waals surface area contributed by atoms with Gasteiger partial charge >= 0.3 is 0 Å². The van der Waals surface area contributed by atoms with Crippen LogP contribution in [0.15, 0.2) is 40.8 Å². The summed E-state index contributed by atoms with van der Waals surface area (Å²) in [7, 11) is 0. The second-order valence-electron chi connectivity index (χ2n) is 6.81. The van der Waals surface area contributed by atoms with Gasteiger partial charge < -0.3 is 14.5 Å². The molecule has 1 fully saturated rings. The third-order valence-corrected chi connectivity index (χ3v) is 4.95. The maximum atomic E-state index is 12.5. The summed E-state index contributed by atoms with van der Waals surface area (Å²) in [6.45, 7) is 5.48. The van der Waals surface area contributed by atoms with Crippen LogP contribution in [0.2, 0.25) is 0 Å². The minimum Gasteiger partial charge on any atom is -0.465 e. The number of H-pyrrole nitrogens is 1. The number of nitrogens with zero attached hydrogens (tertiary/aromatic N) is 2. The van der Waals surface area contributed by atoms with Gasteiger partial charge in [-0.2, -0.15) is 5.10 Å². The van der Waals surface area contributed by atoms with Gasteiger partial charge in [-0.1, -0.05) is 18.2 Å². The first-order chi connectivity index (χ1) is 13.2. The van der Waals surface area contributed by atoms with Gasteiger partial charge in [0.15, 0.2) is 0 Å². The molecule has 1 amide bonds. The molecule has 7 nitrogen and oxygen atoms in total. The molecule has 1 saturated heterocycles. The molecule has 27 heavy (non-hydrogen) atoms.